The van der Waals surface area contributed by atoms with E-state index in [0.29, 0.717) is 6.04 Å². The zero-order valence-electron chi connectivity index (χ0n) is 10.6. The van der Waals surface area contributed by atoms with E-state index >= 15 is 0 Å². The van der Waals surface area contributed by atoms with Crippen LogP contribution in [0.25, 0.3) is 0 Å². The van der Waals surface area contributed by atoms with Crippen LogP contribution in [-0.4, -0.2) is 13.2 Å². The highest BCUT2D eigenvalue weighted by Gasteiger charge is 2.24. The van der Waals surface area contributed by atoms with Gasteiger partial charge >= 0.3 is 0 Å². The van der Waals surface area contributed by atoms with Gasteiger partial charge in [-0.05, 0) is 56.3 Å². The van der Waals surface area contributed by atoms with Gasteiger partial charge in [-0.1, -0.05) is 22.4 Å². The maximum Gasteiger partial charge on any atom is 0.124 e. The molecule has 3 rings (SSSR count). The molecule has 2 nitrogen and oxygen atoms in total. The Hall–Kier alpha value is -0.540. The third-order valence-corrected chi connectivity index (χ3v) is 4.32. The summed E-state index contributed by atoms with van der Waals surface area (Å²) >= 11 is 3.57. The Bertz CT molecular complexity index is 411. The largest absolute Gasteiger partial charge is 0.493 e. The fourth-order valence-electron chi connectivity index (χ4n) is 2.53. The van der Waals surface area contributed by atoms with Crippen LogP contribution in [0.15, 0.2) is 22.7 Å². The van der Waals surface area contributed by atoms with Gasteiger partial charge in [0.15, 0.2) is 0 Å². The molecule has 18 heavy (non-hydrogen) atoms. The standard InChI is InChI=1S/C15H20BrNO/c16-12-6-7-15(18-10-11-4-5-11)13(9-12)14-3-1-2-8-17-14/h6-7,9,11,14,17H,1-5,8,10H2. The van der Waals surface area contributed by atoms with Crippen LogP contribution < -0.4 is 10.1 Å². The van der Waals surface area contributed by atoms with Crippen LogP contribution >= 0.6 is 15.9 Å². The third kappa shape index (κ3) is 3.07. The molecule has 1 aliphatic carbocycles. The van der Waals surface area contributed by atoms with Crippen LogP contribution in [0.3, 0.4) is 0 Å². The Morgan fingerprint density at radius 1 is 1.22 bits per heavy atom. The van der Waals surface area contributed by atoms with Gasteiger partial charge in [-0.2, -0.15) is 0 Å². The van der Waals surface area contributed by atoms with Crippen molar-refractivity contribution in [2.24, 2.45) is 5.92 Å². The number of halogens is 1. The number of hydrogen-bond donors (Lipinski definition) is 1. The first kappa shape index (κ1) is 12.5. The van der Waals surface area contributed by atoms with Crippen LogP contribution in [0.2, 0.25) is 0 Å². The van der Waals surface area contributed by atoms with Crippen molar-refractivity contribution >= 4 is 15.9 Å². The number of hydrogen-bond acceptors (Lipinski definition) is 2. The molecule has 1 aromatic carbocycles. The van der Waals surface area contributed by atoms with E-state index in [1.54, 1.807) is 0 Å². The van der Waals surface area contributed by atoms with Crippen molar-refractivity contribution in [1.29, 1.82) is 0 Å². The van der Waals surface area contributed by atoms with E-state index in [9.17, 15) is 0 Å². The predicted octanol–water partition coefficient (Wildman–Crippen LogP) is 4.05. The first-order valence-electron chi connectivity index (χ1n) is 6.98. The quantitative estimate of drug-likeness (QED) is 0.906. The lowest BCUT2D eigenvalue weighted by molar-refractivity contribution is 0.289. The highest BCUT2D eigenvalue weighted by Crippen LogP contribution is 2.35. The Morgan fingerprint density at radius 2 is 2.11 bits per heavy atom. The van der Waals surface area contributed by atoms with Gasteiger partial charge < -0.3 is 10.1 Å². The van der Waals surface area contributed by atoms with Gasteiger partial charge in [0, 0.05) is 16.1 Å². The fourth-order valence-corrected chi connectivity index (χ4v) is 2.91. The SMILES string of the molecule is Brc1ccc(OCC2CC2)c(C2CCCCN2)c1. The summed E-state index contributed by atoms with van der Waals surface area (Å²) in [4.78, 5) is 0. The fraction of sp³-hybridized carbons (Fsp3) is 0.600. The maximum absolute atomic E-state index is 6.01. The summed E-state index contributed by atoms with van der Waals surface area (Å²) in [5, 5.41) is 3.61. The molecule has 1 aromatic rings. The predicted molar refractivity (Wildman–Crippen MR) is 77.0 cm³/mol. The van der Waals surface area contributed by atoms with Crippen LogP contribution in [-0.2, 0) is 0 Å². The Morgan fingerprint density at radius 3 is 2.83 bits per heavy atom. The highest BCUT2D eigenvalue weighted by molar-refractivity contribution is 9.10. The van der Waals surface area contributed by atoms with Crippen molar-refractivity contribution in [3.63, 3.8) is 0 Å². The number of ether oxygens (including phenoxy) is 1. The summed E-state index contributed by atoms with van der Waals surface area (Å²) < 4.78 is 7.15. The molecule has 1 atom stereocenters. The molecule has 1 N–H and O–H groups in total. The summed E-state index contributed by atoms with van der Waals surface area (Å²) in [7, 11) is 0. The monoisotopic (exact) mass is 309 g/mol. The lowest BCUT2D eigenvalue weighted by atomic mass is 9.97. The van der Waals surface area contributed by atoms with Gasteiger partial charge in [-0.3, -0.25) is 0 Å². The van der Waals surface area contributed by atoms with E-state index in [-0.39, 0.29) is 0 Å². The maximum atomic E-state index is 6.01. The van der Waals surface area contributed by atoms with Gasteiger partial charge in [-0.15, -0.1) is 0 Å². The second-order valence-electron chi connectivity index (χ2n) is 5.44. The van der Waals surface area contributed by atoms with Crippen molar-refractivity contribution in [2.75, 3.05) is 13.2 Å². The third-order valence-electron chi connectivity index (χ3n) is 3.83. The van der Waals surface area contributed by atoms with E-state index in [0.717, 1.165) is 29.3 Å². The Labute approximate surface area is 117 Å². The molecule has 0 aromatic heterocycles. The summed E-state index contributed by atoms with van der Waals surface area (Å²) in [6.45, 7) is 2.01. The Balaban J connectivity index is 1.77. The van der Waals surface area contributed by atoms with E-state index in [4.69, 9.17) is 4.74 Å². The number of nitrogens with one attached hydrogen (secondary N) is 1. The highest BCUT2D eigenvalue weighted by atomic mass is 79.9. The number of piperidine rings is 1. The summed E-state index contributed by atoms with van der Waals surface area (Å²) in [6, 6.07) is 6.86. The number of benzene rings is 1. The molecule has 0 bridgehead atoms. The minimum absolute atomic E-state index is 0.463. The van der Waals surface area contributed by atoms with Gasteiger partial charge in [0.2, 0.25) is 0 Å². The Kier molecular flexibility index (Phi) is 3.90. The molecule has 0 amide bonds. The molecule has 1 heterocycles. The lowest BCUT2D eigenvalue weighted by Crippen LogP contribution is -2.27. The molecule has 0 spiro atoms. The van der Waals surface area contributed by atoms with Crippen LogP contribution in [0, 0.1) is 5.92 Å². The van der Waals surface area contributed by atoms with E-state index in [2.05, 4.69) is 39.4 Å². The molecule has 1 saturated carbocycles. The van der Waals surface area contributed by atoms with Crippen molar-refractivity contribution in [2.45, 2.75) is 38.1 Å². The molecular weight excluding hydrogens is 290 g/mol. The van der Waals surface area contributed by atoms with Gasteiger partial charge in [-0.25, -0.2) is 0 Å². The number of rotatable bonds is 4. The molecule has 3 heteroatoms. The van der Waals surface area contributed by atoms with Gasteiger partial charge in [0.05, 0.1) is 6.61 Å². The van der Waals surface area contributed by atoms with E-state index in [1.165, 1.54) is 37.7 Å². The second-order valence-corrected chi connectivity index (χ2v) is 6.35. The van der Waals surface area contributed by atoms with Crippen molar-refractivity contribution in [3.05, 3.63) is 28.2 Å². The molecule has 0 radical (unpaired) electrons. The summed E-state index contributed by atoms with van der Waals surface area (Å²) in [5.74, 6) is 1.88. The zero-order chi connectivity index (χ0) is 12.4. The first-order valence-corrected chi connectivity index (χ1v) is 7.78. The summed E-state index contributed by atoms with van der Waals surface area (Å²) in [6.07, 6.45) is 6.51. The van der Waals surface area contributed by atoms with Crippen LogP contribution in [0.1, 0.15) is 43.7 Å². The molecule has 1 unspecified atom stereocenters. The molecule has 2 fully saturated rings. The van der Waals surface area contributed by atoms with E-state index in [1.807, 2.05) is 0 Å². The molecular formula is C15H20BrNO. The lowest BCUT2D eigenvalue weighted by Gasteiger charge is -2.26. The minimum Gasteiger partial charge on any atom is -0.493 e. The van der Waals surface area contributed by atoms with Gasteiger partial charge in [0.1, 0.15) is 5.75 Å². The first-order chi connectivity index (χ1) is 8.83. The van der Waals surface area contributed by atoms with Crippen LogP contribution in [0.4, 0.5) is 0 Å². The molecule has 98 valence electrons. The van der Waals surface area contributed by atoms with Crippen molar-refractivity contribution in [3.8, 4) is 5.75 Å². The van der Waals surface area contributed by atoms with Crippen molar-refractivity contribution < 1.29 is 4.74 Å². The average Bonchev–Trinajstić information content (AvgIpc) is 3.22. The smallest absolute Gasteiger partial charge is 0.124 e. The average molecular weight is 310 g/mol. The van der Waals surface area contributed by atoms with E-state index < -0.39 is 0 Å². The molecule has 2 aliphatic rings. The second kappa shape index (κ2) is 5.62. The minimum atomic E-state index is 0.463. The zero-order valence-corrected chi connectivity index (χ0v) is 12.2. The summed E-state index contributed by atoms with van der Waals surface area (Å²) in [5.41, 5.74) is 1.32. The van der Waals surface area contributed by atoms with Crippen LogP contribution in [0.5, 0.6) is 5.75 Å². The van der Waals surface area contributed by atoms with Gasteiger partial charge in [0.25, 0.3) is 0 Å². The van der Waals surface area contributed by atoms with Crippen molar-refractivity contribution in [1.82, 2.24) is 5.32 Å². The topological polar surface area (TPSA) is 21.3 Å². The molecule has 1 saturated heterocycles. The normalized spacial score (nSPS) is 23.9. The molecule has 1 aliphatic heterocycles.